The van der Waals surface area contributed by atoms with E-state index in [1.165, 1.54) is 28.7 Å². The maximum absolute atomic E-state index is 13.9. The Bertz CT molecular complexity index is 1060. The fourth-order valence-corrected chi connectivity index (χ4v) is 6.95. The van der Waals surface area contributed by atoms with Crippen molar-refractivity contribution in [3.63, 3.8) is 0 Å². The fourth-order valence-electron chi connectivity index (χ4n) is 6.95. The topological polar surface area (TPSA) is 43.9 Å². The van der Waals surface area contributed by atoms with E-state index in [0.29, 0.717) is 12.6 Å². The number of rotatable bonds is 3. The number of amides is 3. The molecule has 6 rings (SSSR count). The summed E-state index contributed by atoms with van der Waals surface area (Å²) in [4.78, 5) is 33.5. The maximum atomic E-state index is 13.9. The van der Waals surface area contributed by atoms with Gasteiger partial charge in [-0.1, -0.05) is 48.5 Å². The molecule has 172 valence electrons. The normalized spacial score (nSPS) is 25.1. The summed E-state index contributed by atoms with van der Waals surface area (Å²) in [5.41, 5.74) is 4.87. The van der Waals surface area contributed by atoms with Crippen molar-refractivity contribution in [3.8, 4) is 0 Å². The predicted octanol–water partition coefficient (Wildman–Crippen LogP) is 3.83. The standard InChI is InChI=1S/C28H33N3O2/c1-2-30-27(33)31(25-18-22-9-5-6-10-23(22)19-25)26(32)28(30)13-15-29(16-14-28)24-12-11-20-7-3-4-8-21(20)17-24/h3-10,24-25H,2,11-19H2,1H3/t24-/m0/s1. The molecule has 0 radical (unpaired) electrons. The summed E-state index contributed by atoms with van der Waals surface area (Å²) in [6, 6.07) is 17.6. The summed E-state index contributed by atoms with van der Waals surface area (Å²) in [5.74, 6) is 0.0563. The molecule has 5 heteroatoms. The van der Waals surface area contributed by atoms with Gasteiger partial charge >= 0.3 is 6.03 Å². The van der Waals surface area contributed by atoms with Crippen LogP contribution in [0.25, 0.3) is 0 Å². The lowest BCUT2D eigenvalue weighted by atomic mass is 9.82. The van der Waals surface area contributed by atoms with E-state index >= 15 is 0 Å². The Labute approximate surface area is 196 Å². The third kappa shape index (κ3) is 3.23. The number of piperidine rings is 1. The van der Waals surface area contributed by atoms with Gasteiger partial charge in [0.15, 0.2) is 0 Å². The molecule has 0 bridgehead atoms. The zero-order chi connectivity index (χ0) is 22.6. The van der Waals surface area contributed by atoms with Gasteiger partial charge < -0.3 is 4.90 Å². The van der Waals surface area contributed by atoms with Gasteiger partial charge in [-0.15, -0.1) is 0 Å². The monoisotopic (exact) mass is 443 g/mol. The van der Waals surface area contributed by atoms with Crippen LogP contribution in [0.15, 0.2) is 48.5 Å². The highest BCUT2D eigenvalue weighted by atomic mass is 16.2. The Kier molecular flexibility index (Phi) is 5.06. The molecule has 5 nitrogen and oxygen atoms in total. The first kappa shape index (κ1) is 20.9. The van der Waals surface area contributed by atoms with Gasteiger partial charge in [-0.2, -0.15) is 0 Å². The van der Waals surface area contributed by atoms with Crippen molar-refractivity contribution in [2.24, 2.45) is 0 Å². The van der Waals surface area contributed by atoms with E-state index in [-0.39, 0.29) is 18.0 Å². The number of carbonyl (C=O) groups excluding carboxylic acids is 2. The van der Waals surface area contributed by atoms with Crippen LogP contribution in [0.5, 0.6) is 0 Å². The third-order valence-electron chi connectivity index (χ3n) is 8.74. The maximum Gasteiger partial charge on any atom is 0.327 e. The first-order valence-corrected chi connectivity index (χ1v) is 12.6. The minimum atomic E-state index is -0.649. The molecule has 0 N–H and O–H groups in total. The number of aryl methyl sites for hydroxylation is 1. The summed E-state index contributed by atoms with van der Waals surface area (Å²) in [6.45, 7) is 4.39. The van der Waals surface area contributed by atoms with E-state index in [0.717, 1.165) is 51.6 Å². The summed E-state index contributed by atoms with van der Waals surface area (Å²) in [5, 5.41) is 0. The molecular formula is C28H33N3O2. The van der Waals surface area contributed by atoms with E-state index in [1.807, 2.05) is 24.0 Å². The van der Waals surface area contributed by atoms with Crippen LogP contribution < -0.4 is 0 Å². The molecule has 3 amide bonds. The first-order valence-electron chi connectivity index (χ1n) is 12.6. The number of hydrogen-bond acceptors (Lipinski definition) is 3. The van der Waals surface area contributed by atoms with Crippen LogP contribution in [0.4, 0.5) is 4.79 Å². The van der Waals surface area contributed by atoms with E-state index in [9.17, 15) is 9.59 Å². The molecule has 2 aliphatic heterocycles. The highest BCUT2D eigenvalue weighted by molar-refractivity contribution is 6.07. The second-order valence-electron chi connectivity index (χ2n) is 10.3. The molecule has 4 aliphatic rings. The summed E-state index contributed by atoms with van der Waals surface area (Å²) in [7, 11) is 0. The summed E-state index contributed by atoms with van der Waals surface area (Å²) >= 11 is 0. The number of carbonyl (C=O) groups is 2. The van der Waals surface area contributed by atoms with Crippen molar-refractivity contribution < 1.29 is 9.59 Å². The van der Waals surface area contributed by atoms with E-state index in [4.69, 9.17) is 0 Å². The molecule has 33 heavy (non-hydrogen) atoms. The number of hydrogen-bond donors (Lipinski definition) is 0. The molecule has 1 atom stereocenters. The zero-order valence-electron chi connectivity index (χ0n) is 19.5. The third-order valence-corrected chi connectivity index (χ3v) is 8.74. The van der Waals surface area contributed by atoms with Crippen molar-refractivity contribution in [2.75, 3.05) is 19.6 Å². The average molecular weight is 444 g/mol. The van der Waals surface area contributed by atoms with Gasteiger partial charge in [-0.25, -0.2) is 4.79 Å². The van der Waals surface area contributed by atoms with Crippen molar-refractivity contribution in [2.45, 2.75) is 69.5 Å². The molecule has 2 aromatic carbocycles. The molecule has 2 saturated heterocycles. The lowest BCUT2D eigenvalue weighted by molar-refractivity contribution is -0.137. The van der Waals surface area contributed by atoms with Crippen LogP contribution in [0.2, 0.25) is 0 Å². The molecule has 2 heterocycles. The SMILES string of the molecule is CCN1C(=O)N(C2Cc3ccccc3C2)C(=O)C12CCN([C@H]1CCc3ccccc3C1)CC2. The zero-order valence-corrected chi connectivity index (χ0v) is 19.5. The van der Waals surface area contributed by atoms with Gasteiger partial charge in [0, 0.05) is 31.7 Å². The lowest BCUT2D eigenvalue weighted by Crippen LogP contribution is -2.58. The molecule has 0 unspecified atom stereocenters. The number of benzene rings is 2. The van der Waals surface area contributed by atoms with Gasteiger partial charge in [0.25, 0.3) is 5.91 Å². The quantitative estimate of drug-likeness (QED) is 0.678. The van der Waals surface area contributed by atoms with Crippen LogP contribution in [0.3, 0.4) is 0 Å². The second-order valence-corrected chi connectivity index (χ2v) is 10.3. The van der Waals surface area contributed by atoms with Gasteiger partial charge in [0.1, 0.15) is 5.54 Å². The highest BCUT2D eigenvalue weighted by Crippen LogP contribution is 2.41. The Morgan fingerprint density at radius 2 is 1.36 bits per heavy atom. The summed E-state index contributed by atoms with van der Waals surface area (Å²) in [6.07, 6.45) is 6.49. The summed E-state index contributed by atoms with van der Waals surface area (Å²) < 4.78 is 0. The number of likely N-dealkylation sites (tertiary alicyclic amines) is 1. The van der Waals surface area contributed by atoms with E-state index < -0.39 is 5.54 Å². The fraction of sp³-hybridized carbons (Fsp3) is 0.500. The van der Waals surface area contributed by atoms with Gasteiger partial charge in [0.2, 0.25) is 0 Å². The second kappa shape index (κ2) is 7.98. The number of fused-ring (bicyclic) bond motifs is 2. The predicted molar refractivity (Wildman–Crippen MR) is 128 cm³/mol. The number of urea groups is 1. The van der Waals surface area contributed by atoms with Crippen LogP contribution in [0, 0.1) is 0 Å². The van der Waals surface area contributed by atoms with Crippen molar-refractivity contribution in [1.29, 1.82) is 0 Å². The van der Waals surface area contributed by atoms with E-state index in [1.54, 1.807) is 4.90 Å². The van der Waals surface area contributed by atoms with E-state index in [2.05, 4.69) is 41.3 Å². The van der Waals surface area contributed by atoms with Crippen LogP contribution >= 0.6 is 0 Å². The number of likely N-dealkylation sites (N-methyl/N-ethyl adjacent to an activating group) is 1. The Hall–Kier alpha value is -2.66. The number of nitrogens with zero attached hydrogens (tertiary/aromatic N) is 3. The molecule has 2 aromatic rings. The van der Waals surface area contributed by atoms with Gasteiger partial charge in [-0.05, 0) is 74.1 Å². The van der Waals surface area contributed by atoms with Gasteiger partial charge in [-0.3, -0.25) is 14.6 Å². The molecule has 0 aromatic heterocycles. The van der Waals surface area contributed by atoms with Crippen molar-refractivity contribution in [1.82, 2.24) is 14.7 Å². The molecular weight excluding hydrogens is 410 g/mol. The van der Waals surface area contributed by atoms with Crippen LogP contribution in [0.1, 0.15) is 48.4 Å². The minimum absolute atomic E-state index is 0.0382. The van der Waals surface area contributed by atoms with Crippen LogP contribution in [-0.4, -0.2) is 63.9 Å². The Morgan fingerprint density at radius 1 is 0.818 bits per heavy atom. The highest BCUT2D eigenvalue weighted by Gasteiger charge is 2.59. The molecule has 2 aliphatic carbocycles. The minimum Gasteiger partial charge on any atom is -0.310 e. The van der Waals surface area contributed by atoms with Crippen molar-refractivity contribution in [3.05, 3.63) is 70.8 Å². The van der Waals surface area contributed by atoms with Crippen molar-refractivity contribution >= 4 is 11.9 Å². The molecule has 1 spiro atoms. The largest absolute Gasteiger partial charge is 0.327 e. The smallest absolute Gasteiger partial charge is 0.310 e. The number of imide groups is 1. The van der Waals surface area contributed by atoms with Gasteiger partial charge in [0.05, 0.1) is 0 Å². The first-order chi connectivity index (χ1) is 16.1. The average Bonchev–Trinajstić information content (AvgIpc) is 3.35. The molecule has 0 saturated carbocycles. The van der Waals surface area contributed by atoms with Crippen LogP contribution in [-0.2, 0) is 30.5 Å². The lowest BCUT2D eigenvalue weighted by Gasteiger charge is -2.45. The Morgan fingerprint density at radius 3 is 1.97 bits per heavy atom. The molecule has 2 fully saturated rings. The Balaban J connectivity index is 1.19.